The largest absolute Gasteiger partial charge is 0.496 e. The lowest BCUT2D eigenvalue weighted by molar-refractivity contribution is -0.204. The number of methoxy groups -OCH3 is 1. The van der Waals surface area contributed by atoms with Crippen molar-refractivity contribution in [2.75, 3.05) is 83.1 Å². The van der Waals surface area contributed by atoms with Crippen LogP contribution in [0.1, 0.15) is 160 Å². The smallest absolute Gasteiger partial charge is 0.426 e. The number of nitrogens with zero attached hydrogens (tertiary/aromatic N) is 13. The molecule has 738 valence electrons. The summed E-state index contributed by atoms with van der Waals surface area (Å²) in [6, 6.07) is 14.2. The number of likely N-dealkylation sites (N-methyl/N-ethyl adjacent to an activating group) is 1. The van der Waals surface area contributed by atoms with Gasteiger partial charge in [0.15, 0.2) is 34.1 Å². The van der Waals surface area contributed by atoms with Gasteiger partial charge in [-0.15, -0.1) is 10.2 Å². The Labute approximate surface area is 796 Å². The van der Waals surface area contributed by atoms with Crippen LogP contribution >= 0.6 is 21.6 Å². The number of amides is 4. The van der Waals surface area contributed by atoms with Crippen molar-refractivity contribution in [1.29, 1.82) is 0 Å². The van der Waals surface area contributed by atoms with Crippen molar-refractivity contribution in [2.24, 2.45) is 29.1 Å². The first-order valence-corrected chi connectivity index (χ1v) is 50.5. The number of aromatic hydroxyl groups is 1. The molecule has 1 unspecified atom stereocenters. The predicted molar refractivity (Wildman–Crippen MR) is 495 cm³/mol. The van der Waals surface area contributed by atoms with Crippen molar-refractivity contribution in [3.05, 3.63) is 148 Å². The number of carboxylic acid groups (broad SMARTS) is 2. The molecule has 43 nitrogen and oxygen atoms in total. The van der Waals surface area contributed by atoms with Crippen LogP contribution < -0.4 is 31.1 Å². The Hall–Kier alpha value is -11.1. The van der Waals surface area contributed by atoms with Crippen molar-refractivity contribution in [2.45, 2.75) is 203 Å². The summed E-state index contributed by atoms with van der Waals surface area (Å²) in [5.41, 5.74) is 5.90. The number of ether oxygens (including phenoxy) is 2. The number of aliphatic hydroxyl groups is 3. The van der Waals surface area contributed by atoms with E-state index in [-0.39, 0.29) is 71.1 Å². The average molecular weight is 1980 g/mol. The zero-order valence-electron chi connectivity index (χ0n) is 76.6. The molecule has 3 aromatic carbocycles. The maximum atomic E-state index is 15.4. The first kappa shape index (κ1) is 102. The summed E-state index contributed by atoms with van der Waals surface area (Å²) >= 11 is 0. The third kappa shape index (κ3) is 22.6. The number of para-hydroxylation sites is 1. The van der Waals surface area contributed by atoms with Crippen molar-refractivity contribution < 1.29 is 118 Å². The molecule has 6 aliphatic rings. The number of fused-ring (bicyclic) bond motifs is 7. The van der Waals surface area contributed by atoms with Gasteiger partial charge in [-0.2, -0.15) is 21.8 Å². The molecule has 47 heteroatoms. The van der Waals surface area contributed by atoms with Gasteiger partial charge in [0, 0.05) is 163 Å². The van der Waals surface area contributed by atoms with Crippen LogP contribution in [-0.2, 0) is 123 Å². The van der Waals surface area contributed by atoms with E-state index in [9.17, 15) is 85.8 Å². The van der Waals surface area contributed by atoms with E-state index in [1.165, 1.54) is 43.2 Å². The molecule has 10 heterocycles. The van der Waals surface area contributed by atoms with Crippen LogP contribution in [0.4, 0.5) is 10.5 Å². The highest BCUT2D eigenvalue weighted by Gasteiger charge is 2.79. The predicted octanol–water partition coefficient (Wildman–Crippen LogP) is 4.44. The summed E-state index contributed by atoms with van der Waals surface area (Å²) in [6.45, 7) is 10.3. The molecule has 2 saturated heterocycles. The topological polar surface area (TPSA) is 607 Å². The molecule has 5 aliphatic heterocycles. The van der Waals surface area contributed by atoms with Gasteiger partial charge in [0.1, 0.15) is 24.3 Å². The minimum Gasteiger partial charge on any atom is -0.496 e. The number of benzene rings is 3. The number of rotatable bonds is 43. The molecule has 2 bridgehead atoms. The number of Topliss-reactive ketones (excluding diaryl/α,β-unsaturated/α-hetero) is 3. The van der Waals surface area contributed by atoms with E-state index in [1.54, 1.807) is 33.2 Å². The molecule has 14 rings (SSSR count). The Morgan fingerprint density at radius 2 is 1.44 bits per heavy atom. The number of ketones is 3. The fourth-order valence-electron chi connectivity index (χ4n) is 21.0. The number of aryl methyl sites for hydroxylation is 3. The Morgan fingerprint density at radius 1 is 0.759 bits per heavy atom. The molecule has 3 fully saturated rings. The van der Waals surface area contributed by atoms with E-state index in [0.717, 1.165) is 90.2 Å². The Bertz CT molecular complexity index is 6150. The minimum atomic E-state index is -4.87. The van der Waals surface area contributed by atoms with Crippen molar-refractivity contribution in [3.8, 4) is 11.6 Å². The van der Waals surface area contributed by atoms with Gasteiger partial charge in [-0.25, -0.2) is 42.9 Å². The Morgan fingerprint density at radius 3 is 2.10 bits per heavy atom. The van der Waals surface area contributed by atoms with Crippen LogP contribution in [0.15, 0.2) is 91.4 Å². The zero-order chi connectivity index (χ0) is 98.4. The summed E-state index contributed by atoms with van der Waals surface area (Å²) in [7, 11) is -4.25. The molecule has 8 aromatic rings. The number of anilines is 1. The number of piperidine rings is 1. The molecular formula is C90H114N18O25S4. The Balaban J connectivity index is 0.609. The lowest BCUT2D eigenvalue weighted by Crippen LogP contribution is -2.82. The van der Waals surface area contributed by atoms with Gasteiger partial charge in [0.25, 0.3) is 5.91 Å². The van der Waals surface area contributed by atoms with E-state index < -0.39 is 208 Å². The fraction of sp³-hybridized carbons (Fsp3) is 0.544. The van der Waals surface area contributed by atoms with E-state index >= 15 is 4.79 Å². The Kier molecular flexibility index (Phi) is 31.4. The minimum absolute atomic E-state index is 0.00372. The number of aliphatic hydroxyl groups excluding tert-OH is 1. The molecule has 137 heavy (non-hydrogen) atoms. The van der Waals surface area contributed by atoms with Gasteiger partial charge >= 0.3 is 38.8 Å². The quantitative estimate of drug-likeness (QED) is 0.00627. The number of aromatic nitrogens is 11. The first-order chi connectivity index (χ1) is 65.1. The number of aliphatic carboxylic acids is 2. The van der Waals surface area contributed by atoms with E-state index in [4.69, 9.17) is 18.6 Å². The summed E-state index contributed by atoms with van der Waals surface area (Å²) in [4.78, 5) is 153. The maximum absolute atomic E-state index is 15.4. The highest BCUT2D eigenvalue weighted by molar-refractivity contribution is 8.76. The number of carbonyl (C=O) groups excluding carboxylic acids is 7. The molecule has 13 N–H and O–H groups in total. The lowest BCUT2D eigenvalue weighted by atomic mass is 9.47. The summed E-state index contributed by atoms with van der Waals surface area (Å²) in [5.74, 6) is -11.6. The van der Waals surface area contributed by atoms with E-state index in [1.807, 2.05) is 49.1 Å². The third-order valence-corrected chi connectivity index (χ3v) is 31.1. The molecule has 15 atom stereocenters. The van der Waals surface area contributed by atoms with Crippen LogP contribution in [-0.4, -0.2) is 294 Å². The number of aromatic amines is 1. The molecule has 1 aliphatic carbocycles. The SMILES string of the molecule is CC[C@]1(O)C[C@@H]2CC[C@](C)(c3cc4c(cc3OC)N(C)[C@H]3[C@@](O)(C(=O)NNC(=O)OCCSSC[C@H](CC(=O)[C@H](Cc5cn(CCOS(=O)(=O)O)nn5)NC(=O)[C@H](C)CC(=O)[C@H](Cc5cn(CCOS(=O)(=O)O)nn5)NC(=O)CC[C@H](CC(=O)c5ccc(CCc6cnc7nc(C)nc(O)c7n6)cc5)C(=O)O)C(=O)O)[C@H](O)[C@]5(CC)C=CCN6CC[C@]43[C@@H]65)c3[nH]c4ccccc4c3CCN(C2)C1. The standard InChI is InChI=1S/C90H114N18O25S4/c1-8-87(122)44-54-23-26-86(5,75-62(24-29-105(46-54)50-87)61-13-10-11-14-65(61)96-75)64-42-63-68(43-72(64)130-7)104(6)82-89(63)27-30-106-28-12-25-88(9-2,81(89)106)83(119)90(82,123)84(120)100-101-85(121)131-35-36-134-135-49-57(80(117)118)39-71(111)67(41-60-48-108(103-99-60)32-34-133-137(127,128)129)97-77(113)51(3)37-70(110)66(40-59-47-107(102-98-59)31-33-132-136(124,125)126)95-73(112)22-20-56(79(115)116)38-69(109)55-18-15-53(16-19-55)17-21-58-45-91-76-74(94-58)78(114)93-52(4)92-76/h10-16,18-19,25,42-43,45,47-48,51,54,56-57,66-67,81-83,96,119,122-123H,8-9,17,20-24,26-41,44,46,49-50H2,1-7H3,(H,95,112)(H,97,113)(H,100,120)(H,101,121)(H,115,116)(H,117,118)(H,124,125,126)(H,127,128,129)(H,91,92,93,114)/t51-,54+,56-,57+,66+,67+,81+,82-,83-,86-,87+,88-,89-,90+/m1/s1. The summed E-state index contributed by atoms with van der Waals surface area (Å²) in [5, 5.41) is 92.1. The number of H-pyrrole nitrogens is 1. The number of carbonyl (C=O) groups is 9. The second-order valence-corrected chi connectivity index (χ2v) is 41.4. The van der Waals surface area contributed by atoms with Crippen LogP contribution in [0, 0.1) is 36.0 Å². The number of hydrogen-bond donors (Lipinski definition) is 13. The highest BCUT2D eigenvalue weighted by Crippen LogP contribution is 2.68. The third-order valence-electron chi connectivity index (χ3n) is 27.7. The zero-order valence-corrected chi connectivity index (χ0v) is 79.9. The fourth-order valence-corrected chi connectivity index (χ4v) is 23.7. The van der Waals surface area contributed by atoms with Crippen molar-refractivity contribution >= 4 is 123 Å². The van der Waals surface area contributed by atoms with E-state index in [2.05, 4.69) is 110 Å². The van der Waals surface area contributed by atoms with E-state index in [0.29, 0.717) is 87.5 Å². The number of carboxylic acids is 2. The number of nitrogens with one attached hydrogen (secondary N) is 5. The maximum Gasteiger partial charge on any atom is 0.426 e. The van der Waals surface area contributed by atoms with Gasteiger partial charge in [-0.05, 0) is 119 Å². The molecule has 5 aromatic heterocycles. The monoisotopic (exact) mass is 1970 g/mol. The average Bonchev–Trinajstić information content (AvgIpc) is 1.49. The van der Waals surface area contributed by atoms with Crippen LogP contribution in [0.5, 0.6) is 11.6 Å². The highest BCUT2D eigenvalue weighted by atomic mass is 33.1. The molecule has 4 amide bonds. The number of hydrogen-bond acceptors (Lipinski definition) is 34. The van der Waals surface area contributed by atoms with Crippen LogP contribution in [0.25, 0.3) is 22.1 Å². The molecular weight excluding hydrogens is 1860 g/mol. The van der Waals surface area contributed by atoms with Crippen LogP contribution in [0.3, 0.4) is 0 Å². The second kappa shape index (κ2) is 42.3. The van der Waals surface area contributed by atoms with Gasteiger partial charge in [0.05, 0.1) is 92.3 Å². The lowest BCUT2D eigenvalue weighted by Gasteiger charge is -2.63. The summed E-state index contributed by atoms with van der Waals surface area (Å²) < 4.78 is 86.3. The van der Waals surface area contributed by atoms with Gasteiger partial charge in [0.2, 0.25) is 17.7 Å². The van der Waals surface area contributed by atoms with Gasteiger partial charge in [-0.1, -0.05) is 107 Å². The number of hydrazine groups is 1. The van der Waals surface area contributed by atoms with Gasteiger partial charge in [-0.3, -0.25) is 62.7 Å². The second-order valence-electron chi connectivity index (χ2n) is 36.6. The molecule has 1 spiro atoms. The van der Waals surface area contributed by atoms with Crippen LogP contribution in [0.2, 0.25) is 0 Å². The molecule has 1 saturated carbocycles. The van der Waals surface area contributed by atoms with Gasteiger partial charge < -0.3 is 60.6 Å². The normalized spacial score (nSPS) is 24.0. The first-order valence-electron chi connectivity index (χ1n) is 45.3. The van der Waals surface area contributed by atoms with Crippen molar-refractivity contribution in [1.82, 2.24) is 86.2 Å². The molecule has 0 radical (unpaired) electrons. The summed E-state index contributed by atoms with van der Waals surface area (Å²) in [6.07, 6.45) is 6.39. The van der Waals surface area contributed by atoms with Crippen molar-refractivity contribution in [3.63, 3.8) is 0 Å².